The van der Waals surface area contributed by atoms with E-state index in [0.29, 0.717) is 33.3 Å². The molecule has 6 rings (SSSR count). The Kier molecular flexibility index (Phi) is 6.81. The maximum atomic E-state index is 12.9. The highest BCUT2D eigenvalue weighted by Gasteiger charge is 2.36. The fourth-order valence-corrected chi connectivity index (χ4v) is 6.08. The minimum absolute atomic E-state index is 0.0801. The molecule has 4 aromatic carbocycles. The molecular weight excluding hydrogens is 574 g/mol. The summed E-state index contributed by atoms with van der Waals surface area (Å²) in [6.07, 6.45) is 1.66. The number of rotatable bonds is 6. The number of benzene rings is 4. The topological polar surface area (TPSA) is 75.0 Å². The Morgan fingerprint density at radius 2 is 1.79 bits per heavy atom. The number of carbonyl (C=O) groups excluding carboxylic acids is 1. The summed E-state index contributed by atoms with van der Waals surface area (Å²) in [5, 5.41) is 13.6. The SMILES string of the molecule is COc1cc(/C=C2/C(=N)N3C(c4ccccc4)=CSC3=NC2=O)cc(Br)c1OCc1cccc2ccccc12. The van der Waals surface area contributed by atoms with Gasteiger partial charge in [0, 0.05) is 5.41 Å². The zero-order valence-electron chi connectivity index (χ0n) is 20.9. The smallest absolute Gasteiger partial charge is 0.283 e. The Bertz CT molecular complexity index is 1720. The van der Waals surface area contributed by atoms with Crippen LogP contribution in [0.4, 0.5) is 0 Å². The van der Waals surface area contributed by atoms with Crippen molar-refractivity contribution >= 4 is 67.1 Å². The number of amides is 1. The number of methoxy groups -OCH3 is 1. The molecule has 39 heavy (non-hydrogen) atoms. The minimum Gasteiger partial charge on any atom is -0.493 e. The molecule has 192 valence electrons. The Hall–Kier alpha value is -4.14. The van der Waals surface area contributed by atoms with Gasteiger partial charge in [0.1, 0.15) is 12.4 Å². The van der Waals surface area contributed by atoms with Crippen LogP contribution in [0.15, 0.2) is 105 Å². The number of ether oxygens (including phenoxy) is 2. The molecular formula is C31H22BrN3O3S. The van der Waals surface area contributed by atoms with Crippen molar-refractivity contribution in [2.45, 2.75) is 6.61 Å². The van der Waals surface area contributed by atoms with E-state index in [2.05, 4.69) is 39.1 Å². The average molecular weight is 597 g/mol. The van der Waals surface area contributed by atoms with Gasteiger partial charge in [0.15, 0.2) is 16.7 Å². The lowest BCUT2D eigenvalue weighted by atomic mass is 10.0. The van der Waals surface area contributed by atoms with Crippen molar-refractivity contribution in [3.8, 4) is 11.5 Å². The molecule has 0 aliphatic carbocycles. The second-order valence-electron chi connectivity index (χ2n) is 8.89. The highest BCUT2D eigenvalue weighted by molar-refractivity contribution is 9.10. The number of fused-ring (bicyclic) bond motifs is 2. The number of carbonyl (C=O) groups is 1. The lowest BCUT2D eigenvalue weighted by molar-refractivity contribution is -0.114. The van der Waals surface area contributed by atoms with Crippen LogP contribution >= 0.6 is 27.7 Å². The standard InChI is InChI=1S/C31H22BrN3O3S/c1-37-27-16-19(15-25(32)28(27)38-17-22-12-7-11-20-8-5-6-13-23(20)22)14-24-29(33)35-26(21-9-3-2-4-10-21)18-39-31(35)34-30(24)36/h2-16,18,33H,17H2,1H3/b24-14-,33-29?. The number of amidine groups is 2. The van der Waals surface area contributed by atoms with Gasteiger partial charge in [0.05, 0.1) is 22.9 Å². The van der Waals surface area contributed by atoms with Crippen molar-refractivity contribution in [1.29, 1.82) is 5.41 Å². The number of hydrogen-bond acceptors (Lipinski definition) is 5. The van der Waals surface area contributed by atoms with E-state index in [1.54, 1.807) is 24.2 Å². The van der Waals surface area contributed by atoms with Gasteiger partial charge in [-0.15, -0.1) is 0 Å². The van der Waals surface area contributed by atoms with E-state index in [9.17, 15) is 4.79 Å². The van der Waals surface area contributed by atoms with Gasteiger partial charge >= 0.3 is 0 Å². The van der Waals surface area contributed by atoms with Crippen LogP contribution in [0.3, 0.4) is 0 Å². The minimum atomic E-state index is -0.451. The van der Waals surface area contributed by atoms with E-state index in [0.717, 1.165) is 27.6 Å². The summed E-state index contributed by atoms with van der Waals surface area (Å²) >= 11 is 4.96. The van der Waals surface area contributed by atoms with E-state index < -0.39 is 5.91 Å². The molecule has 1 amide bonds. The number of aliphatic imine (C=N–C) groups is 1. The highest BCUT2D eigenvalue weighted by atomic mass is 79.9. The number of thioether (sulfide) groups is 1. The van der Waals surface area contributed by atoms with Crippen LogP contribution in [0.2, 0.25) is 0 Å². The Morgan fingerprint density at radius 1 is 1.03 bits per heavy atom. The molecule has 0 bridgehead atoms. The fourth-order valence-electron chi connectivity index (χ4n) is 4.61. The van der Waals surface area contributed by atoms with Crippen molar-refractivity contribution in [1.82, 2.24) is 4.90 Å². The van der Waals surface area contributed by atoms with E-state index in [1.807, 2.05) is 66.1 Å². The van der Waals surface area contributed by atoms with Crippen molar-refractivity contribution in [3.05, 3.63) is 117 Å². The molecule has 6 nitrogen and oxygen atoms in total. The summed E-state index contributed by atoms with van der Waals surface area (Å²) in [6, 6.07) is 27.8. The second-order valence-corrected chi connectivity index (χ2v) is 10.6. The van der Waals surface area contributed by atoms with Crippen molar-refractivity contribution < 1.29 is 14.3 Å². The van der Waals surface area contributed by atoms with E-state index in [-0.39, 0.29) is 11.4 Å². The number of hydrogen-bond donors (Lipinski definition) is 1. The predicted molar refractivity (Wildman–Crippen MR) is 161 cm³/mol. The molecule has 0 aromatic heterocycles. The monoisotopic (exact) mass is 595 g/mol. The van der Waals surface area contributed by atoms with E-state index >= 15 is 0 Å². The molecule has 0 saturated carbocycles. The number of nitrogens with zero attached hydrogens (tertiary/aromatic N) is 2. The first-order chi connectivity index (χ1) is 19.0. The third kappa shape index (κ3) is 4.77. The molecule has 0 spiro atoms. The summed E-state index contributed by atoms with van der Waals surface area (Å²) in [6.45, 7) is 0.360. The van der Waals surface area contributed by atoms with E-state index in [4.69, 9.17) is 14.9 Å². The third-order valence-corrected chi connectivity index (χ3v) is 7.91. The molecule has 4 aromatic rings. The van der Waals surface area contributed by atoms with Crippen LogP contribution in [0.25, 0.3) is 22.5 Å². The zero-order chi connectivity index (χ0) is 26.9. The quantitative estimate of drug-likeness (QED) is 0.234. The van der Waals surface area contributed by atoms with Gasteiger partial charge in [0.2, 0.25) is 0 Å². The van der Waals surface area contributed by atoms with Gasteiger partial charge < -0.3 is 9.47 Å². The highest BCUT2D eigenvalue weighted by Crippen LogP contribution is 2.40. The maximum Gasteiger partial charge on any atom is 0.283 e. The van der Waals surface area contributed by atoms with E-state index in [1.165, 1.54) is 11.8 Å². The summed E-state index contributed by atoms with van der Waals surface area (Å²) in [4.78, 5) is 18.9. The van der Waals surface area contributed by atoms with Gasteiger partial charge in [-0.3, -0.25) is 15.1 Å². The predicted octanol–water partition coefficient (Wildman–Crippen LogP) is 7.49. The third-order valence-electron chi connectivity index (χ3n) is 6.50. The normalized spacial score (nSPS) is 15.8. The molecule has 1 N–H and O–H groups in total. The fraction of sp³-hybridized carbons (Fsp3) is 0.0645. The zero-order valence-corrected chi connectivity index (χ0v) is 23.3. The van der Waals surface area contributed by atoms with Crippen LogP contribution in [0.5, 0.6) is 11.5 Å². The molecule has 2 aliphatic heterocycles. The van der Waals surface area contributed by atoms with Gasteiger partial charge in [0.25, 0.3) is 5.91 Å². The summed E-state index contributed by atoms with van der Waals surface area (Å²) < 4.78 is 12.6. The first-order valence-corrected chi connectivity index (χ1v) is 13.8. The van der Waals surface area contributed by atoms with Crippen molar-refractivity contribution in [2.24, 2.45) is 4.99 Å². The molecule has 0 radical (unpaired) electrons. The van der Waals surface area contributed by atoms with Crippen molar-refractivity contribution in [3.63, 3.8) is 0 Å². The molecule has 2 aliphatic rings. The average Bonchev–Trinajstić information content (AvgIpc) is 3.39. The van der Waals surface area contributed by atoms with Crippen LogP contribution in [0.1, 0.15) is 16.7 Å². The van der Waals surface area contributed by atoms with Gasteiger partial charge in [-0.05, 0) is 61.6 Å². The second kappa shape index (κ2) is 10.6. The molecule has 0 fully saturated rings. The first kappa shape index (κ1) is 25.2. The largest absolute Gasteiger partial charge is 0.493 e. The van der Waals surface area contributed by atoms with Crippen LogP contribution in [-0.2, 0) is 11.4 Å². The van der Waals surface area contributed by atoms with Gasteiger partial charge in [-0.2, -0.15) is 4.99 Å². The van der Waals surface area contributed by atoms with Gasteiger partial charge in [-0.25, -0.2) is 0 Å². The molecule has 0 saturated heterocycles. The molecule has 2 heterocycles. The number of nitrogens with one attached hydrogen (secondary N) is 1. The Labute approximate surface area is 238 Å². The lowest BCUT2D eigenvalue weighted by Crippen LogP contribution is -2.38. The molecule has 8 heteroatoms. The van der Waals surface area contributed by atoms with Crippen LogP contribution in [0, 0.1) is 5.41 Å². The first-order valence-electron chi connectivity index (χ1n) is 12.2. The van der Waals surface area contributed by atoms with Crippen molar-refractivity contribution in [2.75, 3.05) is 7.11 Å². The summed E-state index contributed by atoms with van der Waals surface area (Å²) in [5.74, 6) is 0.699. The molecule has 0 unspecified atom stereocenters. The Morgan fingerprint density at radius 3 is 2.62 bits per heavy atom. The Balaban J connectivity index is 1.29. The van der Waals surface area contributed by atoms with Crippen LogP contribution < -0.4 is 9.47 Å². The molecule has 0 atom stereocenters. The van der Waals surface area contributed by atoms with Gasteiger partial charge in [-0.1, -0.05) is 84.6 Å². The summed E-state index contributed by atoms with van der Waals surface area (Å²) in [5.41, 5.74) is 3.71. The number of halogens is 1. The summed E-state index contributed by atoms with van der Waals surface area (Å²) in [7, 11) is 1.58. The van der Waals surface area contributed by atoms with Crippen LogP contribution in [-0.4, -0.2) is 28.9 Å². The lowest BCUT2D eigenvalue weighted by Gasteiger charge is -2.27. The maximum absolute atomic E-state index is 12.9.